The van der Waals surface area contributed by atoms with Crippen LogP contribution in [0.4, 0.5) is 11.6 Å². The highest BCUT2D eigenvalue weighted by atomic mass is 32.2. The predicted octanol–water partition coefficient (Wildman–Crippen LogP) is 4.08. The summed E-state index contributed by atoms with van der Waals surface area (Å²) < 4.78 is 1.93. The van der Waals surface area contributed by atoms with E-state index in [0.717, 1.165) is 28.3 Å². The van der Waals surface area contributed by atoms with Gasteiger partial charge in [-0.05, 0) is 37.1 Å². The van der Waals surface area contributed by atoms with Gasteiger partial charge in [-0.2, -0.15) is 0 Å². The van der Waals surface area contributed by atoms with Crippen molar-refractivity contribution in [2.45, 2.75) is 33.8 Å². The van der Waals surface area contributed by atoms with Gasteiger partial charge in [-0.25, -0.2) is 0 Å². The number of carbonyl (C=O) groups excluding carboxylic acids is 1. The summed E-state index contributed by atoms with van der Waals surface area (Å²) in [6.07, 6.45) is 2.18. The molecule has 1 amide bonds. The van der Waals surface area contributed by atoms with Gasteiger partial charge in [-0.3, -0.25) is 9.36 Å². The van der Waals surface area contributed by atoms with E-state index < -0.39 is 0 Å². The zero-order valence-electron chi connectivity index (χ0n) is 14.5. The number of hydrogen-bond acceptors (Lipinski definition) is 6. The van der Waals surface area contributed by atoms with Gasteiger partial charge >= 0.3 is 0 Å². The second kappa shape index (κ2) is 8.06. The summed E-state index contributed by atoms with van der Waals surface area (Å²) in [6.45, 7) is 0. The van der Waals surface area contributed by atoms with Crippen LogP contribution in [0.2, 0.25) is 0 Å². The Kier molecular flexibility index (Phi) is 5.35. The van der Waals surface area contributed by atoms with E-state index in [2.05, 4.69) is 15.5 Å². The Morgan fingerprint density at radius 3 is 2.63 bits per heavy atom. The molecule has 0 radical (unpaired) electrons. The number of carbonyl (C=O) groups is 1. The van der Waals surface area contributed by atoms with Crippen LogP contribution in [0.15, 0.2) is 69.5 Å². The second-order valence-electron chi connectivity index (χ2n) is 6.19. The molecule has 1 fully saturated rings. The van der Waals surface area contributed by atoms with Crippen LogP contribution in [0, 0.1) is 0 Å². The number of anilines is 2. The van der Waals surface area contributed by atoms with Crippen LogP contribution in [0.25, 0.3) is 0 Å². The molecule has 0 bridgehead atoms. The molecule has 3 aromatic rings. The van der Waals surface area contributed by atoms with Crippen LogP contribution >= 0.6 is 23.5 Å². The highest BCUT2D eigenvalue weighted by Crippen LogP contribution is 2.39. The number of hydrogen-bond donors (Lipinski definition) is 2. The first-order valence-corrected chi connectivity index (χ1v) is 10.5. The van der Waals surface area contributed by atoms with Crippen molar-refractivity contribution in [3.8, 4) is 0 Å². The molecule has 138 valence electrons. The third-order valence-corrected chi connectivity index (χ3v) is 6.09. The normalized spacial score (nSPS) is 13.5. The first kappa shape index (κ1) is 17.9. The Hall–Kier alpha value is -2.45. The molecule has 1 aromatic heterocycles. The third kappa shape index (κ3) is 4.45. The Morgan fingerprint density at radius 1 is 1.11 bits per heavy atom. The Labute approximate surface area is 165 Å². The van der Waals surface area contributed by atoms with Gasteiger partial charge in [0.25, 0.3) is 0 Å². The fourth-order valence-electron chi connectivity index (χ4n) is 2.65. The number of amides is 1. The largest absolute Gasteiger partial charge is 0.368 e. The van der Waals surface area contributed by atoms with E-state index in [4.69, 9.17) is 5.73 Å². The molecule has 0 atom stereocenters. The smallest absolute Gasteiger partial charge is 0.234 e. The van der Waals surface area contributed by atoms with E-state index >= 15 is 0 Å². The number of benzene rings is 2. The predicted molar refractivity (Wildman–Crippen MR) is 109 cm³/mol. The fraction of sp³-hybridized carbons (Fsp3) is 0.211. The van der Waals surface area contributed by atoms with Crippen LogP contribution < -0.4 is 11.1 Å². The number of aromatic nitrogens is 3. The molecule has 3 N–H and O–H groups in total. The zero-order valence-corrected chi connectivity index (χ0v) is 16.2. The molecule has 4 rings (SSSR count). The van der Waals surface area contributed by atoms with E-state index in [1.54, 1.807) is 11.8 Å². The van der Waals surface area contributed by atoms with Crippen molar-refractivity contribution < 1.29 is 4.79 Å². The van der Waals surface area contributed by atoms with Crippen molar-refractivity contribution in [1.82, 2.24) is 14.8 Å². The summed E-state index contributed by atoms with van der Waals surface area (Å²) in [5.74, 6) is 0.602. The topological polar surface area (TPSA) is 85.8 Å². The average Bonchev–Trinajstić information content (AvgIpc) is 3.45. The van der Waals surface area contributed by atoms with Gasteiger partial charge in [-0.1, -0.05) is 53.9 Å². The summed E-state index contributed by atoms with van der Waals surface area (Å²) in [6, 6.07) is 18.3. The first-order chi connectivity index (χ1) is 13.2. The third-order valence-electron chi connectivity index (χ3n) is 4.07. The van der Waals surface area contributed by atoms with Gasteiger partial charge in [0, 0.05) is 15.8 Å². The molecule has 8 heteroatoms. The lowest BCUT2D eigenvalue weighted by molar-refractivity contribution is -0.113. The van der Waals surface area contributed by atoms with Crippen LogP contribution in [0.1, 0.15) is 18.9 Å². The van der Waals surface area contributed by atoms with Gasteiger partial charge in [0.15, 0.2) is 5.16 Å². The van der Waals surface area contributed by atoms with E-state index in [9.17, 15) is 4.79 Å². The van der Waals surface area contributed by atoms with E-state index in [0.29, 0.717) is 17.1 Å². The van der Waals surface area contributed by atoms with Crippen molar-refractivity contribution in [3.05, 3.63) is 54.6 Å². The maximum Gasteiger partial charge on any atom is 0.234 e. The van der Waals surface area contributed by atoms with Gasteiger partial charge in [0.05, 0.1) is 11.4 Å². The fourth-order valence-corrected chi connectivity index (χ4v) is 4.39. The number of nitrogens with one attached hydrogen (secondary N) is 1. The lowest BCUT2D eigenvalue weighted by Crippen LogP contribution is -2.15. The van der Waals surface area contributed by atoms with E-state index in [1.165, 1.54) is 11.8 Å². The van der Waals surface area contributed by atoms with Crippen LogP contribution in [-0.2, 0) is 4.79 Å². The lowest BCUT2D eigenvalue weighted by atomic mass is 10.3. The number of thioether (sulfide) groups is 1. The Bertz CT molecular complexity index is 940. The molecule has 0 spiro atoms. The average molecular weight is 398 g/mol. The summed E-state index contributed by atoms with van der Waals surface area (Å²) >= 11 is 2.99. The van der Waals surface area contributed by atoms with Crippen molar-refractivity contribution in [2.75, 3.05) is 16.8 Å². The highest BCUT2D eigenvalue weighted by Gasteiger charge is 2.29. The van der Waals surface area contributed by atoms with Crippen LogP contribution in [-0.4, -0.2) is 26.4 Å². The molecule has 1 aliphatic carbocycles. The van der Waals surface area contributed by atoms with Crippen molar-refractivity contribution in [3.63, 3.8) is 0 Å². The maximum atomic E-state index is 12.5. The van der Waals surface area contributed by atoms with Gasteiger partial charge in [0.1, 0.15) is 0 Å². The number of para-hydroxylation sites is 1. The molecule has 6 nitrogen and oxygen atoms in total. The van der Waals surface area contributed by atoms with Crippen molar-refractivity contribution in [2.24, 2.45) is 0 Å². The van der Waals surface area contributed by atoms with Gasteiger partial charge in [-0.15, -0.1) is 10.2 Å². The Morgan fingerprint density at radius 2 is 1.85 bits per heavy atom. The maximum absolute atomic E-state index is 12.5. The molecule has 1 saturated carbocycles. The molecule has 1 heterocycles. The molecular formula is C19H19N5OS2. The van der Waals surface area contributed by atoms with Crippen molar-refractivity contribution >= 4 is 41.1 Å². The highest BCUT2D eigenvalue weighted by molar-refractivity contribution is 8.00. The van der Waals surface area contributed by atoms with Crippen LogP contribution in [0.3, 0.4) is 0 Å². The van der Waals surface area contributed by atoms with E-state index in [-0.39, 0.29) is 11.7 Å². The summed E-state index contributed by atoms with van der Waals surface area (Å²) in [7, 11) is 0. The monoisotopic (exact) mass is 397 g/mol. The molecular weight excluding hydrogens is 378 g/mol. The zero-order chi connectivity index (χ0) is 18.6. The number of nitrogens with zero attached hydrogens (tertiary/aromatic N) is 3. The summed E-state index contributed by atoms with van der Waals surface area (Å²) in [5.41, 5.74) is 6.68. The van der Waals surface area contributed by atoms with Crippen molar-refractivity contribution in [1.29, 1.82) is 0 Å². The van der Waals surface area contributed by atoms with E-state index in [1.807, 2.05) is 59.2 Å². The standard InChI is InChI=1S/C19H19N5OS2/c20-18-22-23-19(24(18)13-10-11-13)26-12-17(25)21-15-8-4-5-9-16(15)27-14-6-2-1-3-7-14/h1-9,13H,10-12H2,(H2,20,22)(H,21,25). The minimum atomic E-state index is -0.0787. The molecule has 1 aliphatic rings. The minimum Gasteiger partial charge on any atom is -0.368 e. The van der Waals surface area contributed by atoms with Gasteiger partial charge < -0.3 is 11.1 Å². The molecule has 2 aromatic carbocycles. The minimum absolute atomic E-state index is 0.0787. The molecule has 0 aliphatic heterocycles. The summed E-state index contributed by atoms with van der Waals surface area (Å²) in [5, 5.41) is 11.7. The summed E-state index contributed by atoms with van der Waals surface area (Å²) in [4.78, 5) is 14.6. The molecule has 27 heavy (non-hydrogen) atoms. The quantitative estimate of drug-likeness (QED) is 0.584. The number of rotatable bonds is 7. The molecule has 0 unspecified atom stereocenters. The Balaban J connectivity index is 1.40. The van der Waals surface area contributed by atoms with Crippen LogP contribution in [0.5, 0.6) is 0 Å². The van der Waals surface area contributed by atoms with Gasteiger partial charge in [0.2, 0.25) is 11.9 Å². The SMILES string of the molecule is Nc1nnc(SCC(=O)Nc2ccccc2Sc2ccccc2)n1C1CC1. The lowest BCUT2D eigenvalue weighted by Gasteiger charge is -2.11. The number of nitrogen functional groups attached to an aromatic ring is 1. The molecule has 0 saturated heterocycles. The second-order valence-corrected chi connectivity index (χ2v) is 8.25. The number of nitrogens with two attached hydrogens (primary N) is 1. The first-order valence-electron chi connectivity index (χ1n) is 8.65.